The Hall–Kier alpha value is -1.69. The Bertz CT molecular complexity index is 403. The third-order valence-corrected chi connectivity index (χ3v) is 3.45. The standard InChI is InChI=1S/C13H21N5O/c1-2-11(14)12(19)17-10-4-8-18(9-5-10)13-15-6-3-7-16-13/h3,6-7,10-11H,2,4-5,8-9,14H2,1H3,(H,17,19)/t11-/m0/s1. The number of anilines is 1. The van der Waals surface area contributed by atoms with Gasteiger partial charge < -0.3 is 16.0 Å². The van der Waals surface area contributed by atoms with Gasteiger partial charge in [-0.1, -0.05) is 6.92 Å². The Morgan fingerprint density at radius 3 is 2.68 bits per heavy atom. The Morgan fingerprint density at radius 2 is 2.11 bits per heavy atom. The van der Waals surface area contributed by atoms with Crippen molar-refractivity contribution in [2.75, 3.05) is 18.0 Å². The first kappa shape index (κ1) is 13.7. The quantitative estimate of drug-likeness (QED) is 0.816. The van der Waals surface area contributed by atoms with E-state index in [0.29, 0.717) is 6.42 Å². The SMILES string of the molecule is CC[C@H](N)C(=O)NC1CCN(c2ncccn2)CC1. The van der Waals surface area contributed by atoms with Crippen molar-refractivity contribution in [2.24, 2.45) is 5.73 Å². The van der Waals surface area contributed by atoms with Crippen LogP contribution < -0.4 is 16.0 Å². The average molecular weight is 263 g/mol. The van der Waals surface area contributed by atoms with Gasteiger partial charge in [-0.3, -0.25) is 4.79 Å². The predicted molar refractivity (Wildman–Crippen MR) is 73.7 cm³/mol. The van der Waals surface area contributed by atoms with E-state index in [9.17, 15) is 4.79 Å². The first-order chi connectivity index (χ1) is 9.20. The number of nitrogens with zero attached hydrogens (tertiary/aromatic N) is 3. The Balaban J connectivity index is 1.81. The average Bonchev–Trinajstić information content (AvgIpc) is 2.48. The van der Waals surface area contributed by atoms with Gasteiger partial charge in [-0.05, 0) is 25.3 Å². The molecule has 1 saturated heterocycles. The molecule has 6 nitrogen and oxygen atoms in total. The molecule has 1 atom stereocenters. The maximum absolute atomic E-state index is 11.7. The van der Waals surface area contributed by atoms with E-state index in [1.807, 2.05) is 13.0 Å². The fourth-order valence-corrected chi connectivity index (χ4v) is 2.17. The molecular formula is C13H21N5O. The van der Waals surface area contributed by atoms with Crippen LogP contribution in [0.25, 0.3) is 0 Å². The summed E-state index contributed by atoms with van der Waals surface area (Å²) in [6.45, 7) is 3.63. The van der Waals surface area contributed by atoms with Crippen LogP contribution >= 0.6 is 0 Å². The van der Waals surface area contributed by atoms with Crippen LogP contribution in [0.1, 0.15) is 26.2 Å². The number of hydrogen-bond acceptors (Lipinski definition) is 5. The summed E-state index contributed by atoms with van der Waals surface area (Å²) in [5.74, 6) is 0.717. The normalized spacial score (nSPS) is 18.1. The van der Waals surface area contributed by atoms with Crippen molar-refractivity contribution in [1.29, 1.82) is 0 Å². The fourth-order valence-electron chi connectivity index (χ4n) is 2.17. The highest BCUT2D eigenvalue weighted by molar-refractivity contribution is 5.81. The van der Waals surface area contributed by atoms with Crippen molar-refractivity contribution in [3.8, 4) is 0 Å². The first-order valence-corrected chi connectivity index (χ1v) is 6.78. The summed E-state index contributed by atoms with van der Waals surface area (Å²) >= 11 is 0. The molecule has 6 heteroatoms. The van der Waals surface area contributed by atoms with Gasteiger partial charge in [0.05, 0.1) is 6.04 Å². The number of carbonyl (C=O) groups is 1. The highest BCUT2D eigenvalue weighted by Crippen LogP contribution is 2.15. The number of carbonyl (C=O) groups excluding carboxylic acids is 1. The highest BCUT2D eigenvalue weighted by atomic mass is 16.2. The van der Waals surface area contributed by atoms with Crippen LogP contribution in [-0.2, 0) is 4.79 Å². The van der Waals surface area contributed by atoms with Crippen molar-refractivity contribution in [2.45, 2.75) is 38.3 Å². The van der Waals surface area contributed by atoms with Gasteiger partial charge in [0.15, 0.2) is 0 Å². The van der Waals surface area contributed by atoms with Crippen LogP contribution in [0.4, 0.5) is 5.95 Å². The lowest BCUT2D eigenvalue weighted by atomic mass is 10.0. The van der Waals surface area contributed by atoms with Gasteiger partial charge in [0.1, 0.15) is 0 Å². The Labute approximate surface area is 113 Å². The lowest BCUT2D eigenvalue weighted by molar-refractivity contribution is -0.123. The van der Waals surface area contributed by atoms with Gasteiger partial charge in [0.2, 0.25) is 11.9 Å². The summed E-state index contributed by atoms with van der Waals surface area (Å²) in [6.07, 6.45) is 5.97. The Kier molecular flexibility index (Phi) is 4.68. The third kappa shape index (κ3) is 3.64. The summed E-state index contributed by atoms with van der Waals surface area (Å²) in [4.78, 5) is 22.3. The molecule has 0 spiro atoms. The van der Waals surface area contributed by atoms with Crippen molar-refractivity contribution >= 4 is 11.9 Å². The van der Waals surface area contributed by atoms with E-state index in [-0.39, 0.29) is 11.9 Å². The van der Waals surface area contributed by atoms with Crippen LogP contribution in [0, 0.1) is 0 Å². The summed E-state index contributed by atoms with van der Waals surface area (Å²) < 4.78 is 0. The van der Waals surface area contributed by atoms with E-state index in [4.69, 9.17) is 5.73 Å². The van der Waals surface area contributed by atoms with Crippen LogP contribution in [0.2, 0.25) is 0 Å². The lowest BCUT2D eigenvalue weighted by Gasteiger charge is -2.32. The van der Waals surface area contributed by atoms with Gasteiger partial charge in [-0.15, -0.1) is 0 Å². The molecule has 1 amide bonds. The molecule has 0 radical (unpaired) electrons. The van der Waals surface area contributed by atoms with Crippen molar-refractivity contribution in [1.82, 2.24) is 15.3 Å². The van der Waals surface area contributed by atoms with Crippen LogP contribution in [0.5, 0.6) is 0 Å². The van der Waals surface area contributed by atoms with Crippen LogP contribution in [0.15, 0.2) is 18.5 Å². The first-order valence-electron chi connectivity index (χ1n) is 6.78. The van der Waals surface area contributed by atoms with E-state index in [2.05, 4.69) is 20.2 Å². The number of nitrogens with two attached hydrogens (primary N) is 1. The predicted octanol–water partition coefficient (Wildman–Crippen LogP) is 0.299. The lowest BCUT2D eigenvalue weighted by Crippen LogP contribution is -2.49. The maximum Gasteiger partial charge on any atom is 0.237 e. The molecule has 0 aliphatic carbocycles. The van der Waals surface area contributed by atoms with Crippen molar-refractivity contribution in [3.05, 3.63) is 18.5 Å². The van der Waals surface area contributed by atoms with E-state index in [1.54, 1.807) is 12.4 Å². The second-order valence-electron chi connectivity index (χ2n) is 4.83. The monoisotopic (exact) mass is 263 g/mol. The summed E-state index contributed by atoms with van der Waals surface area (Å²) in [6, 6.07) is 1.63. The molecular weight excluding hydrogens is 242 g/mol. The molecule has 2 heterocycles. The molecule has 0 unspecified atom stereocenters. The minimum Gasteiger partial charge on any atom is -0.352 e. The molecule has 1 aliphatic rings. The van der Waals surface area contributed by atoms with E-state index in [0.717, 1.165) is 31.9 Å². The van der Waals surface area contributed by atoms with E-state index in [1.165, 1.54) is 0 Å². The van der Waals surface area contributed by atoms with Gasteiger partial charge in [0, 0.05) is 31.5 Å². The Morgan fingerprint density at radius 1 is 1.47 bits per heavy atom. The largest absolute Gasteiger partial charge is 0.352 e. The second-order valence-corrected chi connectivity index (χ2v) is 4.83. The number of aromatic nitrogens is 2. The fraction of sp³-hybridized carbons (Fsp3) is 0.615. The molecule has 104 valence electrons. The number of piperidine rings is 1. The summed E-state index contributed by atoms with van der Waals surface area (Å²) in [5.41, 5.74) is 5.71. The minimum atomic E-state index is -0.393. The highest BCUT2D eigenvalue weighted by Gasteiger charge is 2.23. The number of nitrogens with one attached hydrogen (secondary N) is 1. The number of amides is 1. The topological polar surface area (TPSA) is 84.1 Å². The zero-order valence-electron chi connectivity index (χ0n) is 11.2. The summed E-state index contributed by atoms with van der Waals surface area (Å²) in [7, 11) is 0. The number of hydrogen-bond donors (Lipinski definition) is 2. The summed E-state index contributed by atoms with van der Waals surface area (Å²) in [5, 5.41) is 3.01. The zero-order chi connectivity index (χ0) is 13.7. The van der Waals surface area contributed by atoms with Crippen molar-refractivity contribution < 1.29 is 4.79 Å². The van der Waals surface area contributed by atoms with E-state index < -0.39 is 6.04 Å². The smallest absolute Gasteiger partial charge is 0.237 e. The van der Waals surface area contributed by atoms with Crippen LogP contribution in [-0.4, -0.2) is 41.0 Å². The number of rotatable bonds is 4. The molecule has 1 aromatic heterocycles. The molecule has 1 aliphatic heterocycles. The molecule has 2 rings (SSSR count). The molecule has 19 heavy (non-hydrogen) atoms. The van der Waals surface area contributed by atoms with Crippen molar-refractivity contribution in [3.63, 3.8) is 0 Å². The molecule has 3 N–H and O–H groups in total. The van der Waals surface area contributed by atoms with Gasteiger partial charge in [-0.2, -0.15) is 0 Å². The third-order valence-electron chi connectivity index (χ3n) is 3.45. The second kappa shape index (κ2) is 6.47. The molecule has 1 fully saturated rings. The molecule has 0 aromatic carbocycles. The molecule has 0 bridgehead atoms. The van der Waals surface area contributed by atoms with E-state index >= 15 is 0 Å². The maximum atomic E-state index is 11.7. The molecule has 0 saturated carbocycles. The van der Waals surface area contributed by atoms with Gasteiger partial charge in [-0.25, -0.2) is 9.97 Å². The minimum absolute atomic E-state index is 0.0445. The zero-order valence-corrected chi connectivity index (χ0v) is 11.2. The van der Waals surface area contributed by atoms with Crippen LogP contribution in [0.3, 0.4) is 0 Å². The van der Waals surface area contributed by atoms with Gasteiger partial charge in [0.25, 0.3) is 0 Å². The van der Waals surface area contributed by atoms with Gasteiger partial charge >= 0.3 is 0 Å². The molecule has 1 aromatic rings.